The Kier molecular flexibility index (Phi) is 9.00. The maximum Gasteiger partial charge on any atom is 0.325 e. The molecule has 1 aromatic heterocycles. The molecule has 3 rings (SSSR count). The molecule has 0 saturated carbocycles. The zero-order valence-corrected chi connectivity index (χ0v) is 20.1. The predicted molar refractivity (Wildman–Crippen MR) is 130 cm³/mol. The number of methoxy groups -OCH3 is 2. The first-order valence-corrected chi connectivity index (χ1v) is 11.4. The van der Waals surface area contributed by atoms with Crippen molar-refractivity contribution in [3.8, 4) is 23.0 Å². The normalized spacial score (nSPS) is 10.3. The molecular weight excluding hydrogens is 495 g/mol. The predicted octanol–water partition coefficient (Wildman–Crippen LogP) is 3.87. The van der Waals surface area contributed by atoms with Crippen molar-refractivity contribution in [2.24, 2.45) is 0 Å². The second-order valence-corrected chi connectivity index (χ2v) is 7.99. The van der Waals surface area contributed by atoms with Crippen molar-refractivity contribution in [1.29, 1.82) is 0 Å². The molecule has 2 aromatic carbocycles. The lowest BCUT2D eigenvalue weighted by molar-refractivity contribution is -0.136. The van der Waals surface area contributed by atoms with Crippen molar-refractivity contribution >= 4 is 40.1 Å². The van der Waals surface area contributed by atoms with Crippen LogP contribution in [0.15, 0.2) is 41.8 Å². The summed E-state index contributed by atoms with van der Waals surface area (Å²) < 4.78 is 30.4. The number of aromatic nitrogens is 1. The quantitative estimate of drug-likeness (QED) is 0.299. The van der Waals surface area contributed by atoms with Crippen LogP contribution in [-0.2, 0) is 16.0 Å². The molecule has 3 aromatic rings. The first-order chi connectivity index (χ1) is 17.3. The van der Waals surface area contributed by atoms with E-state index in [-0.39, 0.29) is 41.7 Å². The van der Waals surface area contributed by atoms with Gasteiger partial charge in [-0.25, -0.2) is 14.2 Å². The molecular formula is C23H23FN4O7S. The topological polar surface area (TPSA) is 148 Å². The Bertz CT molecular complexity index is 1250. The summed E-state index contributed by atoms with van der Waals surface area (Å²) >= 11 is 1.09. The van der Waals surface area contributed by atoms with E-state index < -0.39 is 23.7 Å². The molecule has 4 N–H and O–H groups in total. The van der Waals surface area contributed by atoms with Crippen LogP contribution in [0.3, 0.4) is 0 Å². The maximum absolute atomic E-state index is 13.9. The Morgan fingerprint density at radius 3 is 2.56 bits per heavy atom. The average Bonchev–Trinajstić information content (AvgIpc) is 3.26. The van der Waals surface area contributed by atoms with Crippen LogP contribution < -0.4 is 30.2 Å². The number of urea groups is 1. The van der Waals surface area contributed by atoms with Gasteiger partial charge >= 0.3 is 12.0 Å². The minimum absolute atomic E-state index is 0.00545. The number of halogens is 1. The second kappa shape index (κ2) is 12.4. The Morgan fingerprint density at radius 1 is 1.06 bits per heavy atom. The van der Waals surface area contributed by atoms with E-state index >= 15 is 0 Å². The number of carbonyl (C=O) groups excluding carboxylic acids is 2. The molecule has 11 nitrogen and oxygen atoms in total. The standard InChI is InChI=1S/C23H23FN4O7S/c1-33-17-4-3-5-18(21(17)34-2)35-16-7-6-13(24)10-15(16)27-22(32)28-23-26-14(12-36-23)11-19(29)25-9-8-20(30)31/h3-7,10,12H,8-9,11H2,1-2H3,(H,25,29)(H,30,31)(H2,26,27,28,32). The summed E-state index contributed by atoms with van der Waals surface area (Å²) in [6.07, 6.45) is -0.268. The number of hydrogen-bond acceptors (Lipinski definition) is 8. The van der Waals surface area contributed by atoms with Gasteiger partial charge < -0.3 is 30.0 Å². The highest BCUT2D eigenvalue weighted by Gasteiger charge is 2.16. The van der Waals surface area contributed by atoms with Crippen LogP contribution in [0.4, 0.5) is 20.0 Å². The minimum atomic E-state index is -1.02. The van der Waals surface area contributed by atoms with Crippen LogP contribution in [0.25, 0.3) is 0 Å². The summed E-state index contributed by atoms with van der Waals surface area (Å²) in [6, 6.07) is 7.92. The second-order valence-electron chi connectivity index (χ2n) is 7.13. The van der Waals surface area contributed by atoms with Gasteiger partial charge in [-0.1, -0.05) is 6.07 Å². The number of carboxylic acid groups (broad SMARTS) is 1. The summed E-state index contributed by atoms with van der Waals surface area (Å²) in [6.45, 7) is 0.00545. The van der Waals surface area contributed by atoms with Gasteiger partial charge in [-0.15, -0.1) is 11.3 Å². The van der Waals surface area contributed by atoms with E-state index in [1.807, 2.05) is 0 Å². The molecule has 190 valence electrons. The third kappa shape index (κ3) is 7.30. The molecule has 0 fully saturated rings. The zero-order chi connectivity index (χ0) is 26.1. The van der Waals surface area contributed by atoms with E-state index in [9.17, 15) is 18.8 Å². The summed E-state index contributed by atoms with van der Waals surface area (Å²) in [5, 5.41) is 17.9. The van der Waals surface area contributed by atoms with Crippen LogP contribution >= 0.6 is 11.3 Å². The van der Waals surface area contributed by atoms with E-state index in [0.717, 1.165) is 17.4 Å². The fourth-order valence-electron chi connectivity index (χ4n) is 2.98. The largest absolute Gasteiger partial charge is 0.493 e. The van der Waals surface area contributed by atoms with Crippen molar-refractivity contribution < 1.29 is 38.1 Å². The van der Waals surface area contributed by atoms with E-state index in [0.29, 0.717) is 17.2 Å². The number of carbonyl (C=O) groups is 3. The fraction of sp³-hybridized carbons (Fsp3) is 0.217. The summed E-state index contributed by atoms with van der Waals surface area (Å²) in [5.74, 6) is -0.820. The van der Waals surface area contributed by atoms with Crippen molar-refractivity contribution in [2.45, 2.75) is 12.8 Å². The average molecular weight is 519 g/mol. The Balaban J connectivity index is 1.65. The summed E-state index contributed by atoms with van der Waals surface area (Å²) in [4.78, 5) is 39.1. The highest BCUT2D eigenvalue weighted by Crippen LogP contribution is 2.41. The minimum Gasteiger partial charge on any atom is -0.493 e. The highest BCUT2D eigenvalue weighted by molar-refractivity contribution is 7.14. The summed E-state index contributed by atoms with van der Waals surface area (Å²) in [5.41, 5.74) is 0.440. The van der Waals surface area contributed by atoms with Gasteiger partial charge in [0.2, 0.25) is 11.7 Å². The third-order valence-corrected chi connectivity index (χ3v) is 5.36. The van der Waals surface area contributed by atoms with Crippen molar-refractivity contribution in [2.75, 3.05) is 31.4 Å². The van der Waals surface area contributed by atoms with Crippen LogP contribution in [0, 0.1) is 5.82 Å². The smallest absolute Gasteiger partial charge is 0.325 e. The highest BCUT2D eigenvalue weighted by atomic mass is 32.1. The van der Waals surface area contributed by atoms with Crippen molar-refractivity contribution in [3.05, 3.63) is 53.3 Å². The number of thiazole rings is 1. The van der Waals surface area contributed by atoms with Gasteiger partial charge in [-0.3, -0.25) is 14.9 Å². The fourth-order valence-corrected chi connectivity index (χ4v) is 3.68. The molecule has 0 aliphatic rings. The van der Waals surface area contributed by atoms with Crippen LogP contribution in [0.1, 0.15) is 12.1 Å². The number of anilines is 2. The number of amides is 3. The SMILES string of the molecule is COc1cccc(Oc2ccc(F)cc2NC(=O)Nc2nc(CC(=O)NCCC(=O)O)cs2)c1OC. The van der Waals surface area contributed by atoms with Gasteiger partial charge in [0.15, 0.2) is 22.4 Å². The number of para-hydroxylation sites is 1. The zero-order valence-electron chi connectivity index (χ0n) is 19.3. The van der Waals surface area contributed by atoms with Gasteiger partial charge in [-0.2, -0.15) is 0 Å². The van der Waals surface area contributed by atoms with E-state index in [2.05, 4.69) is 20.9 Å². The monoisotopic (exact) mass is 518 g/mol. The number of aliphatic carboxylic acids is 1. The first kappa shape index (κ1) is 26.2. The van der Waals surface area contributed by atoms with Crippen molar-refractivity contribution in [1.82, 2.24) is 10.3 Å². The number of nitrogens with zero attached hydrogens (tertiary/aromatic N) is 1. The number of hydrogen-bond donors (Lipinski definition) is 4. The lowest BCUT2D eigenvalue weighted by Crippen LogP contribution is -2.27. The van der Waals surface area contributed by atoms with Crippen LogP contribution in [0.5, 0.6) is 23.0 Å². The molecule has 1 heterocycles. The first-order valence-electron chi connectivity index (χ1n) is 10.5. The number of rotatable bonds is 11. The molecule has 36 heavy (non-hydrogen) atoms. The molecule has 0 aliphatic heterocycles. The van der Waals surface area contributed by atoms with Gasteiger partial charge in [0.1, 0.15) is 5.82 Å². The van der Waals surface area contributed by atoms with Crippen LogP contribution in [-0.4, -0.2) is 48.8 Å². The lowest BCUT2D eigenvalue weighted by atomic mass is 10.2. The number of carboxylic acids is 1. The number of ether oxygens (including phenoxy) is 3. The van der Waals surface area contributed by atoms with Crippen molar-refractivity contribution in [3.63, 3.8) is 0 Å². The number of nitrogens with one attached hydrogen (secondary N) is 3. The molecule has 13 heteroatoms. The molecule has 0 aliphatic carbocycles. The van der Waals surface area contributed by atoms with E-state index in [4.69, 9.17) is 19.3 Å². The Morgan fingerprint density at radius 2 is 1.83 bits per heavy atom. The van der Waals surface area contributed by atoms with Gasteiger partial charge in [0, 0.05) is 18.0 Å². The third-order valence-electron chi connectivity index (χ3n) is 4.55. The molecule has 0 atom stereocenters. The van der Waals surface area contributed by atoms with Gasteiger partial charge in [0.25, 0.3) is 0 Å². The molecule has 0 radical (unpaired) electrons. The lowest BCUT2D eigenvalue weighted by Gasteiger charge is -2.16. The van der Waals surface area contributed by atoms with E-state index in [1.54, 1.807) is 23.6 Å². The van der Waals surface area contributed by atoms with Crippen LogP contribution in [0.2, 0.25) is 0 Å². The maximum atomic E-state index is 13.9. The Labute approximate surface area is 209 Å². The van der Waals surface area contributed by atoms with Gasteiger partial charge in [0.05, 0.1) is 38.4 Å². The van der Waals surface area contributed by atoms with E-state index in [1.165, 1.54) is 26.4 Å². The molecule has 3 amide bonds. The summed E-state index contributed by atoms with van der Waals surface area (Å²) in [7, 11) is 2.93. The molecule has 0 bridgehead atoms. The van der Waals surface area contributed by atoms with Gasteiger partial charge in [-0.05, 0) is 24.3 Å². The molecule has 0 spiro atoms. The number of benzene rings is 2. The molecule has 0 saturated heterocycles. The Hall–Kier alpha value is -4.39. The molecule has 0 unspecified atom stereocenters.